The summed E-state index contributed by atoms with van der Waals surface area (Å²) < 4.78 is 0. The third-order valence-corrected chi connectivity index (χ3v) is 3.70. The molecule has 13 heavy (non-hydrogen) atoms. The lowest BCUT2D eigenvalue weighted by atomic mass is 9.82. The second kappa shape index (κ2) is 4.24. The fraction of sp³-hybridized carbons (Fsp3) is 0.500. The standard InChI is InChI=1S/C12H19P/c1-5-12(2,3)10-7-6-8-11(9-10)13-4/h6-9,13H,5H2,1-4H3. The van der Waals surface area contributed by atoms with Gasteiger partial charge < -0.3 is 0 Å². The van der Waals surface area contributed by atoms with Crippen molar-refractivity contribution in [2.24, 2.45) is 0 Å². The van der Waals surface area contributed by atoms with Gasteiger partial charge in [-0.2, -0.15) is 0 Å². The molecule has 1 heteroatoms. The topological polar surface area (TPSA) is 0 Å². The van der Waals surface area contributed by atoms with E-state index in [1.807, 2.05) is 0 Å². The van der Waals surface area contributed by atoms with Crippen molar-refractivity contribution in [3.05, 3.63) is 29.8 Å². The van der Waals surface area contributed by atoms with Crippen LogP contribution in [0, 0.1) is 0 Å². The van der Waals surface area contributed by atoms with Gasteiger partial charge in [0.25, 0.3) is 0 Å². The summed E-state index contributed by atoms with van der Waals surface area (Å²) in [7, 11) is 0.907. The molecule has 1 rings (SSSR count). The van der Waals surface area contributed by atoms with E-state index in [1.165, 1.54) is 17.3 Å². The highest BCUT2D eigenvalue weighted by Crippen LogP contribution is 2.26. The summed E-state index contributed by atoms with van der Waals surface area (Å²) in [6.45, 7) is 9.11. The number of hydrogen-bond donors (Lipinski definition) is 0. The smallest absolute Gasteiger partial charge is 0.0106 e. The second-order valence-electron chi connectivity index (χ2n) is 4.07. The van der Waals surface area contributed by atoms with Gasteiger partial charge in [0.1, 0.15) is 0 Å². The first-order valence-corrected chi connectivity index (χ1v) is 6.38. The molecule has 0 fully saturated rings. The van der Waals surface area contributed by atoms with Crippen molar-refractivity contribution in [2.75, 3.05) is 6.66 Å². The van der Waals surface area contributed by atoms with Crippen molar-refractivity contribution in [1.29, 1.82) is 0 Å². The molecule has 1 unspecified atom stereocenters. The van der Waals surface area contributed by atoms with Crippen LogP contribution in [0.1, 0.15) is 32.8 Å². The molecule has 0 N–H and O–H groups in total. The summed E-state index contributed by atoms with van der Waals surface area (Å²) >= 11 is 0. The van der Waals surface area contributed by atoms with Crippen LogP contribution in [0.25, 0.3) is 0 Å². The summed E-state index contributed by atoms with van der Waals surface area (Å²) in [6.07, 6.45) is 1.20. The minimum atomic E-state index is 0.329. The first kappa shape index (κ1) is 10.7. The van der Waals surface area contributed by atoms with E-state index in [-0.39, 0.29) is 0 Å². The maximum atomic E-state index is 2.35. The predicted octanol–water partition coefficient (Wildman–Crippen LogP) is 3.31. The third-order valence-electron chi connectivity index (χ3n) is 2.82. The molecule has 0 saturated heterocycles. The van der Waals surface area contributed by atoms with E-state index in [9.17, 15) is 0 Å². The molecule has 0 heterocycles. The van der Waals surface area contributed by atoms with Crippen LogP contribution in [0.4, 0.5) is 0 Å². The van der Waals surface area contributed by atoms with E-state index >= 15 is 0 Å². The van der Waals surface area contributed by atoms with Crippen LogP contribution in [0.5, 0.6) is 0 Å². The highest BCUT2D eigenvalue weighted by atomic mass is 31.1. The van der Waals surface area contributed by atoms with Gasteiger partial charge in [0.15, 0.2) is 0 Å². The van der Waals surface area contributed by atoms with Gasteiger partial charge in [-0.25, -0.2) is 0 Å². The molecule has 0 radical (unpaired) electrons. The molecule has 1 aromatic carbocycles. The first-order chi connectivity index (χ1) is 6.10. The Morgan fingerprint density at radius 1 is 1.31 bits per heavy atom. The largest absolute Gasteiger partial charge is 0.0936 e. The predicted molar refractivity (Wildman–Crippen MR) is 63.6 cm³/mol. The SMILES string of the molecule is CCC(C)(C)c1cccc(PC)c1. The van der Waals surface area contributed by atoms with Gasteiger partial charge >= 0.3 is 0 Å². The quantitative estimate of drug-likeness (QED) is 0.647. The Bertz CT molecular complexity index is 276. The molecule has 72 valence electrons. The van der Waals surface area contributed by atoms with E-state index in [4.69, 9.17) is 0 Å². The Kier molecular flexibility index (Phi) is 3.50. The molecule has 1 aromatic rings. The molecule has 0 nitrogen and oxygen atoms in total. The van der Waals surface area contributed by atoms with E-state index in [1.54, 1.807) is 0 Å². The maximum absolute atomic E-state index is 2.35. The van der Waals surface area contributed by atoms with Crippen LogP contribution in [-0.4, -0.2) is 6.66 Å². The fourth-order valence-electron chi connectivity index (χ4n) is 1.30. The summed E-state index contributed by atoms with van der Waals surface area (Å²) in [4.78, 5) is 0. The summed E-state index contributed by atoms with van der Waals surface area (Å²) in [5.41, 5.74) is 1.80. The molecule has 1 atom stereocenters. The Balaban J connectivity index is 3.01. The molecule has 0 bridgehead atoms. The van der Waals surface area contributed by atoms with E-state index < -0.39 is 0 Å². The van der Waals surface area contributed by atoms with Crippen LogP contribution < -0.4 is 5.30 Å². The van der Waals surface area contributed by atoms with Gasteiger partial charge in [-0.1, -0.05) is 53.6 Å². The molecular formula is C12H19P. The van der Waals surface area contributed by atoms with Crippen molar-refractivity contribution in [3.8, 4) is 0 Å². The zero-order chi connectivity index (χ0) is 9.90. The minimum absolute atomic E-state index is 0.329. The number of rotatable bonds is 3. The molecule has 0 spiro atoms. The summed E-state index contributed by atoms with van der Waals surface area (Å²) in [5, 5.41) is 1.47. The molecule has 0 aliphatic rings. The van der Waals surface area contributed by atoms with Gasteiger partial charge in [-0.05, 0) is 29.4 Å². The van der Waals surface area contributed by atoms with Crippen molar-refractivity contribution in [2.45, 2.75) is 32.6 Å². The summed E-state index contributed by atoms with van der Waals surface area (Å²) in [5.74, 6) is 0. The van der Waals surface area contributed by atoms with Gasteiger partial charge in [-0.15, -0.1) is 0 Å². The minimum Gasteiger partial charge on any atom is -0.0936 e. The van der Waals surface area contributed by atoms with Gasteiger partial charge in [0, 0.05) is 0 Å². The van der Waals surface area contributed by atoms with Gasteiger partial charge in [-0.3, -0.25) is 0 Å². The van der Waals surface area contributed by atoms with Crippen LogP contribution >= 0.6 is 8.58 Å². The molecular weight excluding hydrogens is 175 g/mol. The molecule has 0 aliphatic heterocycles. The van der Waals surface area contributed by atoms with E-state index in [0.29, 0.717) is 5.41 Å². The molecule has 0 aromatic heterocycles. The monoisotopic (exact) mass is 194 g/mol. The van der Waals surface area contributed by atoms with Crippen LogP contribution in [-0.2, 0) is 5.41 Å². The normalized spacial score (nSPS) is 12.6. The van der Waals surface area contributed by atoms with E-state index in [0.717, 1.165) is 8.58 Å². The first-order valence-electron chi connectivity index (χ1n) is 4.88. The second-order valence-corrected chi connectivity index (χ2v) is 5.15. The van der Waals surface area contributed by atoms with Gasteiger partial charge in [0.2, 0.25) is 0 Å². The zero-order valence-electron chi connectivity index (χ0n) is 9.02. The van der Waals surface area contributed by atoms with Crippen LogP contribution in [0.15, 0.2) is 24.3 Å². The molecule has 0 amide bonds. The van der Waals surface area contributed by atoms with Crippen molar-refractivity contribution in [3.63, 3.8) is 0 Å². The third kappa shape index (κ3) is 2.54. The lowest BCUT2D eigenvalue weighted by Gasteiger charge is -2.23. The Morgan fingerprint density at radius 2 is 2.00 bits per heavy atom. The lowest BCUT2D eigenvalue weighted by Crippen LogP contribution is -2.16. The Hall–Kier alpha value is -0.350. The zero-order valence-corrected chi connectivity index (χ0v) is 10.0. The average Bonchev–Trinajstić information content (AvgIpc) is 2.18. The average molecular weight is 194 g/mol. The van der Waals surface area contributed by atoms with Gasteiger partial charge in [0.05, 0.1) is 0 Å². The van der Waals surface area contributed by atoms with Crippen LogP contribution in [0.2, 0.25) is 0 Å². The van der Waals surface area contributed by atoms with Crippen LogP contribution in [0.3, 0.4) is 0 Å². The highest BCUT2D eigenvalue weighted by Gasteiger charge is 2.17. The highest BCUT2D eigenvalue weighted by molar-refractivity contribution is 7.46. The summed E-state index contributed by atoms with van der Waals surface area (Å²) in [6, 6.07) is 8.99. The molecule has 0 saturated carbocycles. The number of benzene rings is 1. The lowest BCUT2D eigenvalue weighted by molar-refractivity contribution is 0.506. The maximum Gasteiger partial charge on any atom is -0.0106 e. The fourth-order valence-corrected chi connectivity index (χ4v) is 1.86. The Labute approximate surface area is 83.5 Å². The van der Waals surface area contributed by atoms with E-state index in [2.05, 4.69) is 51.7 Å². The number of hydrogen-bond acceptors (Lipinski definition) is 0. The van der Waals surface area contributed by atoms with Crippen molar-refractivity contribution in [1.82, 2.24) is 0 Å². The van der Waals surface area contributed by atoms with Crippen molar-refractivity contribution >= 4 is 13.9 Å². The van der Waals surface area contributed by atoms with Crippen molar-refractivity contribution < 1.29 is 0 Å². The Morgan fingerprint density at radius 3 is 2.54 bits per heavy atom. The molecule has 0 aliphatic carbocycles.